The number of nitriles is 1. The van der Waals surface area contributed by atoms with E-state index in [9.17, 15) is 4.79 Å². The summed E-state index contributed by atoms with van der Waals surface area (Å²) in [5.41, 5.74) is 1.57. The molecule has 0 aromatic heterocycles. The monoisotopic (exact) mass is 203 g/mol. The number of hydrogen-bond acceptors (Lipinski definition) is 2. The van der Waals surface area contributed by atoms with E-state index in [0.29, 0.717) is 18.6 Å². The second-order valence-corrected chi connectivity index (χ2v) is 4.78. The van der Waals surface area contributed by atoms with E-state index in [1.54, 1.807) is 0 Å². The van der Waals surface area contributed by atoms with Crippen molar-refractivity contribution in [3.8, 4) is 6.07 Å². The first-order valence-corrected chi connectivity index (χ1v) is 5.88. The van der Waals surface area contributed by atoms with E-state index >= 15 is 0 Å². The predicted molar refractivity (Wildman–Crippen MR) is 58.1 cm³/mol. The van der Waals surface area contributed by atoms with Crippen molar-refractivity contribution < 1.29 is 4.79 Å². The fourth-order valence-electron chi connectivity index (χ4n) is 3.05. The third-order valence-corrected chi connectivity index (χ3v) is 3.93. The number of carbonyl (C=O) groups excluding carboxylic acids is 1. The molecule has 1 fully saturated rings. The van der Waals surface area contributed by atoms with Crippen molar-refractivity contribution in [1.82, 2.24) is 0 Å². The fraction of sp³-hybridized carbons (Fsp3) is 0.692. The van der Waals surface area contributed by atoms with Gasteiger partial charge in [0.05, 0.1) is 6.07 Å². The molecule has 0 N–H and O–H groups in total. The molecule has 1 saturated carbocycles. The Morgan fingerprint density at radius 3 is 3.00 bits per heavy atom. The zero-order valence-corrected chi connectivity index (χ0v) is 9.09. The van der Waals surface area contributed by atoms with Crippen LogP contribution in [0.3, 0.4) is 0 Å². The molecular formula is C13H17NO. The molecule has 1 unspecified atom stereocenters. The van der Waals surface area contributed by atoms with Crippen molar-refractivity contribution >= 4 is 5.78 Å². The van der Waals surface area contributed by atoms with Gasteiger partial charge in [-0.2, -0.15) is 5.26 Å². The molecule has 0 aromatic rings. The zero-order valence-electron chi connectivity index (χ0n) is 9.09. The van der Waals surface area contributed by atoms with Gasteiger partial charge >= 0.3 is 0 Å². The van der Waals surface area contributed by atoms with E-state index in [2.05, 4.69) is 6.07 Å². The molecule has 80 valence electrons. The molecule has 1 atom stereocenters. The van der Waals surface area contributed by atoms with E-state index in [-0.39, 0.29) is 5.41 Å². The summed E-state index contributed by atoms with van der Waals surface area (Å²) >= 11 is 0. The summed E-state index contributed by atoms with van der Waals surface area (Å²) in [7, 11) is 0. The molecule has 2 aliphatic rings. The molecule has 2 heteroatoms. The first-order valence-electron chi connectivity index (χ1n) is 5.88. The Balaban J connectivity index is 2.21. The molecule has 0 saturated heterocycles. The normalized spacial score (nSPS) is 30.3. The smallest absolute Gasteiger partial charge is 0.155 e. The standard InChI is InChI=1S/C13H17NO/c14-9-3-7-13-6-2-1-4-11(13)10-12(15)5-8-13/h10H,1-8H2. The maximum absolute atomic E-state index is 11.4. The minimum Gasteiger partial charge on any atom is -0.295 e. The molecule has 0 aliphatic heterocycles. The van der Waals surface area contributed by atoms with Crippen LogP contribution in [-0.2, 0) is 4.79 Å². The van der Waals surface area contributed by atoms with Gasteiger partial charge in [-0.15, -0.1) is 0 Å². The Labute approximate surface area is 91.0 Å². The summed E-state index contributed by atoms with van der Waals surface area (Å²) in [6.45, 7) is 0. The summed E-state index contributed by atoms with van der Waals surface area (Å²) < 4.78 is 0. The van der Waals surface area contributed by atoms with Crippen LogP contribution in [0.1, 0.15) is 51.4 Å². The van der Waals surface area contributed by atoms with Crippen molar-refractivity contribution in [2.75, 3.05) is 0 Å². The van der Waals surface area contributed by atoms with Gasteiger partial charge in [-0.05, 0) is 43.6 Å². The first-order chi connectivity index (χ1) is 7.27. The minimum atomic E-state index is 0.224. The summed E-state index contributed by atoms with van der Waals surface area (Å²) in [6.07, 6.45) is 9.89. The van der Waals surface area contributed by atoms with Crippen molar-refractivity contribution in [2.45, 2.75) is 51.4 Å². The lowest BCUT2D eigenvalue weighted by Gasteiger charge is -2.41. The van der Waals surface area contributed by atoms with Crippen LogP contribution in [0.4, 0.5) is 0 Å². The van der Waals surface area contributed by atoms with Crippen LogP contribution in [0.15, 0.2) is 11.6 Å². The Morgan fingerprint density at radius 2 is 2.20 bits per heavy atom. The number of nitrogens with zero attached hydrogens (tertiary/aromatic N) is 1. The zero-order chi connectivity index (χ0) is 10.7. The molecule has 0 radical (unpaired) electrons. The number of hydrogen-bond donors (Lipinski definition) is 0. The van der Waals surface area contributed by atoms with E-state index < -0.39 is 0 Å². The van der Waals surface area contributed by atoms with Gasteiger partial charge in [-0.25, -0.2) is 0 Å². The van der Waals surface area contributed by atoms with E-state index in [0.717, 1.165) is 19.3 Å². The number of allylic oxidation sites excluding steroid dienone is 2. The number of fused-ring (bicyclic) bond motifs is 1. The fourth-order valence-corrected chi connectivity index (χ4v) is 3.05. The van der Waals surface area contributed by atoms with Crippen LogP contribution in [0.5, 0.6) is 0 Å². The highest BCUT2D eigenvalue weighted by atomic mass is 16.1. The molecule has 0 bridgehead atoms. The molecule has 0 aromatic carbocycles. The van der Waals surface area contributed by atoms with Crippen LogP contribution in [-0.4, -0.2) is 5.78 Å². The van der Waals surface area contributed by atoms with Crippen LogP contribution in [0, 0.1) is 16.7 Å². The Kier molecular flexibility index (Phi) is 2.90. The summed E-state index contributed by atoms with van der Waals surface area (Å²) in [6, 6.07) is 2.24. The van der Waals surface area contributed by atoms with Gasteiger partial charge in [0, 0.05) is 12.8 Å². The molecule has 0 spiro atoms. The van der Waals surface area contributed by atoms with Crippen molar-refractivity contribution in [3.05, 3.63) is 11.6 Å². The second kappa shape index (κ2) is 4.18. The third kappa shape index (κ3) is 1.97. The van der Waals surface area contributed by atoms with Crippen molar-refractivity contribution in [1.29, 1.82) is 5.26 Å². The van der Waals surface area contributed by atoms with Gasteiger partial charge in [0.1, 0.15) is 0 Å². The maximum atomic E-state index is 11.4. The van der Waals surface area contributed by atoms with Gasteiger partial charge in [0.25, 0.3) is 0 Å². The lowest BCUT2D eigenvalue weighted by atomic mass is 9.62. The number of rotatable bonds is 2. The largest absolute Gasteiger partial charge is 0.295 e. The lowest BCUT2D eigenvalue weighted by Crippen LogP contribution is -2.31. The van der Waals surface area contributed by atoms with Gasteiger partial charge < -0.3 is 0 Å². The van der Waals surface area contributed by atoms with E-state index in [1.807, 2.05) is 6.08 Å². The first kappa shape index (κ1) is 10.4. The highest BCUT2D eigenvalue weighted by Gasteiger charge is 2.38. The average molecular weight is 203 g/mol. The molecule has 0 amide bonds. The van der Waals surface area contributed by atoms with Crippen LogP contribution >= 0.6 is 0 Å². The Hall–Kier alpha value is -1.10. The summed E-state index contributed by atoms with van der Waals surface area (Å²) in [4.78, 5) is 11.4. The highest BCUT2D eigenvalue weighted by Crippen LogP contribution is 2.49. The van der Waals surface area contributed by atoms with Crippen molar-refractivity contribution in [2.24, 2.45) is 5.41 Å². The number of ketones is 1. The maximum Gasteiger partial charge on any atom is 0.155 e. The van der Waals surface area contributed by atoms with Gasteiger partial charge in [0.15, 0.2) is 5.78 Å². The predicted octanol–water partition coefficient (Wildman–Crippen LogP) is 3.14. The van der Waals surface area contributed by atoms with Gasteiger partial charge in [0.2, 0.25) is 0 Å². The Morgan fingerprint density at radius 1 is 1.33 bits per heavy atom. The molecule has 0 heterocycles. The second-order valence-electron chi connectivity index (χ2n) is 4.78. The van der Waals surface area contributed by atoms with Crippen LogP contribution in [0.25, 0.3) is 0 Å². The number of carbonyl (C=O) groups is 1. The van der Waals surface area contributed by atoms with Gasteiger partial charge in [-0.1, -0.05) is 12.0 Å². The minimum absolute atomic E-state index is 0.224. The van der Waals surface area contributed by atoms with Crippen LogP contribution < -0.4 is 0 Å². The summed E-state index contributed by atoms with van der Waals surface area (Å²) in [5.74, 6) is 0.291. The van der Waals surface area contributed by atoms with Crippen LogP contribution in [0.2, 0.25) is 0 Å². The molecule has 2 nitrogen and oxygen atoms in total. The SMILES string of the molecule is N#CCCC12CCCCC1=CC(=O)CC2. The van der Waals surface area contributed by atoms with Gasteiger partial charge in [-0.3, -0.25) is 4.79 Å². The molecule has 15 heavy (non-hydrogen) atoms. The third-order valence-electron chi connectivity index (χ3n) is 3.93. The molecular weight excluding hydrogens is 186 g/mol. The average Bonchev–Trinajstić information content (AvgIpc) is 2.27. The van der Waals surface area contributed by atoms with E-state index in [4.69, 9.17) is 5.26 Å². The molecule has 2 rings (SSSR count). The highest BCUT2D eigenvalue weighted by molar-refractivity contribution is 5.91. The van der Waals surface area contributed by atoms with Crippen molar-refractivity contribution in [3.63, 3.8) is 0 Å². The molecule has 2 aliphatic carbocycles. The quantitative estimate of drug-likeness (QED) is 0.691. The summed E-state index contributed by atoms with van der Waals surface area (Å²) in [5, 5.41) is 8.70. The lowest BCUT2D eigenvalue weighted by molar-refractivity contribution is -0.116. The van der Waals surface area contributed by atoms with E-state index in [1.165, 1.54) is 24.8 Å². The topological polar surface area (TPSA) is 40.9 Å². The Bertz CT molecular complexity index is 337.